The lowest BCUT2D eigenvalue weighted by atomic mass is 10.2. The van der Waals surface area contributed by atoms with E-state index >= 15 is 0 Å². The second-order valence-electron chi connectivity index (χ2n) is 5.91. The highest BCUT2D eigenvalue weighted by atomic mass is 32.1. The molecule has 1 aliphatic rings. The Hall–Kier alpha value is -3.08. The molecule has 3 amide bonds. The topological polar surface area (TPSA) is 118 Å². The SMILES string of the molecule is CCOC(=O)N1CCN(C(=O)Cc2csc(NC(=O)c3ncccn3)n2)CC1. The van der Waals surface area contributed by atoms with E-state index in [9.17, 15) is 14.4 Å². The Morgan fingerprint density at radius 1 is 1.14 bits per heavy atom. The van der Waals surface area contributed by atoms with Gasteiger partial charge in [0.05, 0.1) is 18.7 Å². The Morgan fingerprint density at radius 2 is 1.82 bits per heavy atom. The van der Waals surface area contributed by atoms with Gasteiger partial charge in [-0.2, -0.15) is 0 Å². The number of hydrogen-bond acceptors (Lipinski definition) is 8. The van der Waals surface area contributed by atoms with E-state index in [-0.39, 0.29) is 24.2 Å². The largest absolute Gasteiger partial charge is 0.450 e. The van der Waals surface area contributed by atoms with Crippen LogP contribution in [-0.4, -0.2) is 75.4 Å². The molecule has 0 aliphatic carbocycles. The van der Waals surface area contributed by atoms with Gasteiger partial charge in [0, 0.05) is 44.0 Å². The molecule has 3 rings (SSSR count). The van der Waals surface area contributed by atoms with E-state index in [4.69, 9.17) is 4.74 Å². The summed E-state index contributed by atoms with van der Waals surface area (Å²) in [7, 11) is 0. The van der Waals surface area contributed by atoms with Crippen LogP contribution in [0.5, 0.6) is 0 Å². The highest BCUT2D eigenvalue weighted by Crippen LogP contribution is 2.17. The van der Waals surface area contributed by atoms with Crippen molar-refractivity contribution in [2.24, 2.45) is 0 Å². The summed E-state index contributed by atoms with van der Waals surface area (Å²) in [6.45, 7) is 3.89. The van der Waals surface area contributed by atoms with Gasteiger partial charge >= 0.3 is 6.09 Å². The molecule has 0 unspecified atom stereocenters. The number of piperazine rings is 1. The van der Waals surface area contributed by atoms with E-state index in [0.29, 0.717) is 43.6 Å². The first-order valence-corrected chi connectivity index (χ1v) is 9.67. The molecule has 148 valence electrons. The summed E-state index contributed by atoms with van der Waals surface area (Å²) in [5.41, 5.74) is 0.576. The Bertz CT molecular complexity index is 835. The zero-order valence-electron chi connectivity index (χ0n) is 15.3. The van der Waals surface area contributed by atoms with E-state index in [1.165, 1.54) is 23.7 Å². The number of nitrogens with one attached hydrogen (secondary N) is 1. The minimum absolute atomic E-state index is 0.0507. The van der Waals surface area contributed by atoms with Gasteiger partial charge in [-0.3, -0.25) is 14.9 Å². The molecule has 0 bridgehead atoms. The van der Waals surface area contributed by atoms with Crippen molar-refractivity contribution in [3.8, 4) is 0 Å². The maximum atomic E-state index is 12.5. The lowest BCUT2D eigenvalue weighted by Crippen LogP contribution is -2.51. The average Bonchev–Trinajstić information content (AvgIpc) is 3.15. The number of rotatable bonds is 5. The molecule has 1 aliphatic heterocycles. The zero-order valence-corrected chi connectivity index (χ0v) is 16.1. The number of hydrogen-bond donors (Lipinski definition) is 1. The van der Waals surface area contributed by atoms with E-state index in [0.717, 1.165) is 0 Å². The standard InChI is InChI=1S/C17H20N6O4S/c1-2-27-17(26)23-8-6-22(7-9-23)13(24)10-12-11-28-16(20-12)21-15(25)14-18-4-3-5-19-14/h3-5,11H,2,6-10H2,1H3,(H,20,21,25). The first kappa shape index (κ1) is 19.7. The van der Waals surface area contributed by atoms with Crippen LogP contribution in [0.2, 0.25) is 0 Å². The molecule has 1 saturated heterocycles. The van der Waals surface area contributed by atoms with Gasteiger partial charge in [0.1, 0.15) is 0 Å². The van der Waals surface area contributed by atoms with Crippen molar-refractivity contribution in [2.45, 2.75) is 13.3 Å². The van der Waals surface area contributed by atoms with E-state index < -0.39 is 5.91 Å². The Labute approximate surface area is 165 Å². The summed E-state index contributed by atoms with van der Waals surface area (Å²) < 4.78 is 4.97. The van der Waals surface area contributed by atoms with Gasteiger partial charge in [-0.15, -0.1) is 11.3 Å². The molecular formula is C17H20N6O4S. The smallest absolute Gasteiger partial charge is 0.409 e. The quantitative estimate of drug-likeness (QED) is 0.791. The van der Waals surface area contributed by atoms with Crippen LogP contribution in [-0.2, 0) is 16.0 Å². The predicted octanol–water partition coefficient (Wildman–Crippen LogP) is 1.03. The molecule has 1 fully saturated rings. The molecule has 0 radical (unpaired) electrons. The van der Waals surface area contributed by atoms with Crippen LogP contribution in [0.25, 0.3) is 0 Å². The maximum Gasteiger partial charge on any atom is 0.409 e. The third kappa shape index (κ3) is 5.00. The first-order valence-electron chi connectivity index (χ1n) is 8.79. The second-order valence-corrected chi connectivity index (χ2v) is 6.77. The van der Waals surface area contributed by atoms with Crippen LogP contribution >= 0.6 is 11.3 Å². The zero-order chi connectivity index (χ0) is 19.9. The third-order valence-electron chi connectivity index (χ3n) is 4.03. The molecule has 2 aromatic heterocycles. The van der Waals surface area contributed by atoms with Gasteiger partial charge in [0.25, 0.3) is 5.91 Å². The summed E-state index contributed by atoms with van der Waals surface area (Å²) in [6.07, 6.45) is 2.75. The van der Waals surface area contributed by atoms with Crippen molar-refractivity contribution >= 4 is 34.4 Å². The van der Waals surface area contributed by atoms with Gasteiger partial charge in [-0.05, 0) is 13.0 Å². The monoisotopic (exact) mass is 404 g/mol. The van der Waals surface area contributed by atoms with Gasteiger partial charge in [-0.1, -0.05) is 0 Å². The molecule has 28 heavy (non-hydrogen) atoms. The molecule has 2 aromatic rings. The van der Waals surface area contributed by atoms with E-state index in [1.807, 2.05) is 0 Å². The molecular weight excluding hydrogens is 384 g/mol. The number of ether oxygens (including phenoxy) is 1. The second kappa shape index (κ2) is 9.22. The van der Waals surface area contributed by atoms with Crippen LogP contribution < -0.4 is 5.32 Å². The van der Waals surface area contributed by atoms with Crippen molar-refractivity contribution in [3.63, 3.8) is 0 Å². The Balaban J connectivity index is 1.49. The highest BCUT2D eigenvalue weighted by molar-refractivity contribution is 7.14. The fourth-order valence-corrected chi connectivity index (χ4v) is 3.34. The van der Waals surface area contributed by atoms with Crippen LogP contribution in [0.1, 0.15) is 23.2 Å². The lowest BCUT2D eigenvalue weighted by Gasteiger charge is -2.34. The number of nitrogens with zero attached hydrogens (tertiary/aromatic N) is 5. The molecule has 0 aromatic carbocycles. The van der Waals surface area contributed by atoms with Gasteiger partial charge in [0.2, 0.25) is 11.7 Å². The molecule has 10 nitrogen and oxygen atoms in total. The Kier molecular flexibility index (Phi) is 6.48. The third-order valence-corrected chi connectivity index (χ3v) is 4.84. The number of amides is 3. The van der Waals surface area contributed by atoms with Crippen LogP contribution in [0.15, 0.2) is 23.8 Å². The minimum atomic E-state index is -0.456. The van der Waals surface area contributed by atoms with Gasteiger partial charge in [-0.25, -0.2) is 19.7 Å². The summed E-state index contributed by atoms with van der Waals surface area (Å²) in [5, 5.41) is 4.73. The number of anilines is 1. The van der Waals surface area contributed by atoms with Crippen molar-refractivity contribution in [2.75, 3.05) is 38.1 Å². The minimum Gasteiger partial charge on any atom is -0.450 e. The van der Waals surface area contributed by atoms with Crippen LogP contribution in [0.4, 0.5) is 9.93 Å². The lowest BCUT2D eigenvalue weighted by molar-refractivity contribution is -0.132. The number of carbonyl (C=O) groups excluding carboxylic acids is 3. The number of thiazole rings is 1. The van der Waals surface area contributed by atoms with Crippen LogP contribution in [0.3, 0.4) is 0 Å². The van der Waals surface area contributed by atoms with Gasteiger partial charge < -0.3 is 14.5 Å². The van der Waals surface area contributed by atoms with Crippen molar-refractivity contribution in [1.29, 1.82) is 0 Å². The fourth-order valence-electron chi connectivity index (χ4n) is 2.63. The van der Waals surface area contributed by atoms with Crippen LogP contribution in [0, 0.1) is 0 Å². The predicted molar refractivity (Wildman–Crippen MR) is 101 cm³/mol. The fraction of sp³-hybridized carbons (Fsp3) is 0.412. The summed E-state index contributed by atoms with van der Waals surface area (Å²) in [6, 6.07) is 1.62. The normalized spacial score (nSPS) is 13.9. The van der Waals surface area contributed by atoms with Crippen molar-refractivity contribution in [3.05, 3.63) is 35.4 Å². The number of aromatic nitrogens is 3. The summed E-state index contributed by atoms with van der Waals surface area (Å²) in [4.78, 5) is 51.5. The molecule has 11 heteroatoms. The molecule has 0 saturated carbocycles. The molecule has 3 heterocycles. The molecule has 1 N–H and O–H groups in total. The summed E-state index contributed by atoms with van der Waals surface area (Å²) >= 11 is 1.23. The van der Waals surface area contributed by atoms with Crippen molar-refractivity contribution in [1.82, 2.24) is 24.8 Å². The van der Waals surface area contributed by atoms with Crippen molar-refractivity contribution < 1.29 is 19.1 Å². The van der Waals surface area contributed by atoms with Gasteiger partial charge in [0.15, 0.2) is 5.13 Å². The molecule has 0 atom stereocenters. The van der Waals surface area contributed by atoms with E-state index in [1.54, 1.807) is 28.2 Å². The summed E-state index contributed by atoms with van der Waals surface area (Å²) in [5.74, 6) is -0.476. The maximum absolute atomic E-state index is 12.5. The first-order chi connectivity index (χ1) is 13.6. The number of carbonyl (C=O) groups is 3. The van der Waals surface area contributed by atoms with E-state index in [2.05, 4.69) is 20.3 Å². The molecule has 0 spiro atoms. The highest BCUT2D eigenvalue weighted by Gasteiger charge is 2.25. The average molecular weight is 404 g/mol. The Morgan fingerprint density at radius 3 is 2.50 bits per heavy atom.